The largest absolute Gasteiger partial charge is 0.496 e. The Hall–Kier alpha value is -3.78. The number of fused-ring (bicyclic) bond motifs is 1. The minimum absolute atomic E-state index is 0.184. The van der Waals surface area contributed by atoms with E-state index in [1.54, 1.807) is 29.1 Å². The first-order valence-electron chi connectivity index (χ1n) is 9.23. The molecule has 1 amide bonds. The van der Waals surface area contributed by atoms with Crippen molar-refractivity contribution in [3.8, 4) is 11.4 Å². The quantitative estimate of drug-likeness (QED) is 0.491. The Morgan fingerprint density at radius 3 is 2.40 bits per heavy atom. The van der Waals surface area contributed by atoms with Crippen molar-refractivity contribution in [2.45, 2.75) is 6.92 Å². The van der Waals surface area contributed by atoms with Crippen LogP contribution in [0.3, 0.4) is 0 Å². The lowest BCUT2D eigenvalue weighted by Gasteiger charge is -2.13. The fourth-order valence-corrected chi connectivity index (χ4v) is 3.24. The number of nitrogens with one attached hydrogen (secondary N) is 2. The van der Waals surface area contributed by atoms with Crippen molar-refractivity contribution >= 4 is 40.0 Å². The molecule has 0 bridgehead atoms. The number of thiocarbonyl (C=S) groups is 1. The Balaban J connectivity index is 1.54. The number of aryl methyl sites for hydroxylation is 1. The standard InChI is InChI=1S/C22H19N5O2S/c1-14-12-18-19(26-27(25-18)15-8-4-3-5-9-15)13-17(14)23-22(30)24-21(28)16-10-6-7-11-20(16)29-2/h3-13H,1-2H3,(H2,23,24,28,30). The third-order valence-electron chi connectivity index (χ3n) is 4.54. The van der Waals surface area contributed by atoms with Crippen LogP contribution in [-0.4, -0.2) is 33.1 Å². The SMILES string of the molecule is COc1ccccc1C(=O)NC(=S)Nc1cc2nn(-c3ccccc3)nc2cc1C. The molecule has 30 heavy (non-hydrogen) atoms. The van der Waals surface area contributed by atoms with E-state index in [0.29, 0.717) is 16.8 Å². The van der Waals surface area contributed by atoms with E-state index in [1.807, 2.05) is 49.4 Å². The van der Waals surface area contributed by atoms with E-state index in [-0.39, 0.29) is 11.0 Å². The third-order valence-corrected chi connectivity index (χ3v) is 4.74. The minimum Gasteiger partial charge on any atom is -0.496 e. The first-order valence-corrected chi connectivity index (χ1v) is 9.64. The normalized spacial score (nSPS) is 10.6. The Kier molecular flexibility index (Phi) is 5.40. The molecule has 0 saturated carbocycles. The molecule has 4 aromatic rings. The van der Waals surface area contributed by atoms with Crippen LogP contribution in [-0.2, 0) is 0 Å². The summed E-state index contributed by atoms with van der Waals surface area (Å²) >= 11 is 5.33. The van der Waals surface area contributed by atoms with Crippen molar-refractivity contribution in [3.63, 3.8) is 0 Å². The zero-order valence-electron chi connectivity index (χ0n) is 16.4. The Morgan fingerprint density at radius 2 is 1.67 bits per heavy atom. The van der Waals surface area contributed by atoms with Gasteiger partial charge >= 0.3 is 0 Å². The van der Waals surface area contributed by atoms with Gasteiger partial charge in [0.15, 0.2) is 5.11 Å². The van der Waals surface area contributed by atoms with Crippen LogP contribution >= 0.6 is 12.2 Å². The molecular formula is C22H19N5O2S. The van der Waals surface area contributed by atoms with Crippen LogP contribution in [0.2, 0.25) is 0 Å². The van der Waals surface area contributed by atoms with Crippen molar-refractivity contribution in [2.75, 3.05) is 12.4 Å². The summed E-state index contributed by atoms with van der Waals surface area (Å²) in [5.74, 6) is 0.131. The number of aromatic nitrogens is 3. The van der Waals surface area contributed by atoms with E-state index >= 15 is 0 Å². The van der Waals surface area contributed by atoms with Crippen LogP contribution in [0.5, 0.6) is 5.75 Å². The second-order valence-electron chi connectivity index (χ2n) is 6.59. The number of nitrogens with zero attached hydrogens (tertiary/aromatic N) is 3. The predicted octanol–water partition coefficient (Wildman–Crippen LogP) is 3.86. The van der Waals surface area contributed by atoms with Gasteiger partial charge in [-0.15, -0.1) is 10.2 Å². The highest BCUT2D eigenvalue weighted by Crippen LogP contribution is 2.22. The number of rotatable bonds is 4. The predicted molar refractivity (Wildman–Crippen MR) is 120 cm³/mol. The monoisotopic (exact) mass is 417 g/mol. The molecule has 0 atom stereocenters. The molecule has 0 spiro atoms. The van der Waals surface area contributed by atoms with Gasteiger partial charge in [-0.05, 0) is 61.1 Å². The summed E-state index contributed by atoms with van der Waals surface area (Å²) in [6.07, 6.45) is 0. The molecule has 0 fully saturated rings. The summed E-state index contributed by atoms with van der Waals surface area (Å²) < 4.78 is 5.23. The highest BCUT2D eigenvalue weighted by atomic mass is 32.1. The van der Waals surface area contributed by atoms with E-state index in [4.69, 9.17) is 17.0 Å². The number of carbonyl (C=O) groups is 1. The maximum Gasteiger partial charge on any atom is 0.261 e. The number of carbonyl (C=O) groups excluding carboxylic acids is 1. The number of hydrogen-bond donors (Lipinski definition) is 2. The van der Waals surface area contributed by atoms with Crippen LogP contribution in [0.15, 0.2) is 66.7 Å². The molecule has 0 aliphatic rings. The fourth-order valence-electron chi connectivity index (χ4n) is 3.04. The van der Waals surface area contributed by atoms with E-state index in [2.05, 4.69) is 20.8 Å². The van der Waals surface area contributed by atoms with Gasteiger partial charge in [0.25, 0.3) is 5.91 Å². The van der Waals surface area contributed by atoms with E-state index in [0.717, 1.165) is 22.5 Å². The lowest BCUT2D eigenvalue weighted by Crippen LogP contribution is -2.34. The van der Waals surface area contributed by atoms with Gasteiger partial charge in [-0.25, -0.2) is 0 Å². The molecule has 8 heteroatoms. The molecule has 4 rings (SSSR count). The molecule has 2 N–H and O–H groups in total. The lowest BCUT2D eigenvalue weighted by molar-refractivity contribution is 0.0975. The first-order chi connectivity index (χ1) is 14.5. The second-order valence-corrected chi connectivity index (χ2v) is 7.00. The van der Waals surface area contributed by atoms with Gasteiger partial charge in [-0.1, -0.05) is 30.3 Å². The summed E-state index contributed by atoms with van der Waals surface area (Å²) in [6.45, 7) is 1.94. The molecule has 0 aliphatic carbocycles. The van der Waals surface area contributed by atoms with E-state index in [1.165, 1.54) is 7.11 Å². The highest BCUT2D eigenvalue weighted by molar-refractivity contribution is 7.80. The van der Waals surface area contributed by atoms with Gasteiger partial charge in [-0.3, -0.25) is 10.1 Å². The zero-order chi connectivity index (χ0) is 21.1. The maximum absolute atomic E-state index is 12.5. The van der Waals surface area contributed by atoms with Gasteiger partial charge in [-0.2, -0.15) is 4.80 Å². The number of benzene rings is 3. The number of amides is 1. The second kappa shape index (κ2) is 8.30. The zero-order valence-corrected chi connectivity index (χ0v) is 17.2. The van der Waals surface area contributed by atoms with Gasteiger partial charge in [0.05, 0.1) is 18.4 Å². The van der Waals surface area contributed by atoms with Crippen LogP contribution in [0.25, 0.3) is 16.7 Å². The molecule has 0 unspecified atom stereocenters. The smallest absolute Gasteiger partial charge is 0.261 e. The summed E-state index contributed by atoms with van der Waals surface area (Å²) in [4.78, 5) is 14.1. The molecule has 1 aromatic heterocycles. The van der Waals surface area contributed by atoms with Crippen LogP contribution in [0.4, 0.5) is 5.69 Å². The number of para-hydroxylation sites is 2. The number of ether oxygens (including phenoxy) is 1. The van der Waals surface area contributed by atoms with Gasteiger partial charge < -0.3 is 10.1 Å². The van der Waals surface area contributed by atoms with Crippen molar-refractivity contribution < 1.29 is 9.53 Å². The van der Waals surface area contributed by atoms with Crippen molar-refractivity contribution in [3.05, 3.63) is 77.9 Å². The molecule has 0 aliphatic heterocycles. The fraction of sp³-hybridized carbons (Fsp3) is 0.0909. The van der Waals surface area contributed by atoms with Crippen LogP contribution in [0.1, 0.15) is 15.9 Å². The molecule has 1 heterocycles. The van der Waals surface area contributed by atoms with Gasteiger partial charge in [0, 0.05) is 5.69 Å². The molecule has 7 nitrogen and oxygen atoms in total. The Bertz CT molecular complexity index is 1240. The number of methoxy groups -OCH3 is 1. The van der Waals surface area contributed by atoms with Crippen molar-refractivity contribution in [2.24, 2.45) is 0 Å². The first kappa shape index (κ1) is 19.5. The van der Waals surface area contributed by atoms with E-state index < -0.39 is 0 Å². The summed E-state index contributed by atoms with van der Waals surface area (Å²) in [5, 5.41) is 15.0. The van der Waals surface area contributed by atoms with Crippen LogP contribution in [0, 0.1) is 6.92 Å². The molecule has 150 valence electrons. The van der Waals surface area contributed by atoms with Gasteiger partial charge in [0.1, 0.15) is 16.8 Å². The van der Waals surface area contributed by atoms with Gasteiger partial charge in [0.2, 0.25) is 0 Å². The van der Waals surface area contributed by atoms with Crippen molar-refractivity contribution in [1.82, 2.24) is 20.3 Å². The summed E-state index contributed by atoms with van der Waals surface area (Å²) in [6, 6.07) is 20.4. The molecule has 0 radical (unpaired) electrons. The third kappa shape index (κ3) is 3.99. The summed E-state index contributed by atoms with van der Waals surface area (Å²) in [7, 11) is 1.52. The highest BCUT2D eigenvalue weighted by Gasteiger charge is 2.14. The topological polar surface area (TPSA) is 81.1 Å². The van der Waals surface area contributed by atoms with E-state index in [9.17, 15) is 4.79 Å². The average Bonchev–Trinajstić information content (AvgIpc) is 3.17. The van der Waals surface area contributed by atoms with Crippen molar-refractivity contribution in [1.29, 1.82) is 0 Å². The molecule has 0 saturated heterocycles. The lowest BCUT2D eigenvalue weighted by atomic mass is 10.1. The molecule has 3 aromatic carbocycles. The number of anilines is 1. The summed E-state index contributed by atoms with van der Waals surface area (Å²) in [5.41, 5.74) is 4.43. The minimum atomic E-state index is -0.348. The Labute approximate surface area is 178 Å². The molecular weight excluding hydrogens is 398 g/mol. The van der Waals surface area contributed by atoms with Crippen LogP contribution < -0.4 is 15.4 Å². The number of hydrogen-bond acceptors (Lipinski definition) is 5. The maximum atomic E-state index is 12.5. The average molecular weight is 417 g/mol. The Morgan fingerprint density at radius 1 is 1.00 bits per heavy atom.